The molecule has 1 rings (SSSR count). The summed E-state index contributed by atoms with van der Waals surface area (Å²) < 4.78 is 6.03. The molecule has 0 amide bonds. The van der Waals surface area contributed by atoms with E-state index < -0.39 is 11.7 Å². The van der Waals surface area contributed by atoms with Crippen LogP contribution < -0.4 is 5.69 Å². The molecule has 0 bridgehead atoms. The number of carbonyl (C=O) groups is 1. The molecular weight excluding hydrogens is 232 g/mol. The smallest absolute Gasteiger partial charge is 0.348 e. The van der Waals surface area contributed by atoms with E-state index in [1.165, 1.54) is 12.4 Å². The first kappa shape index (κ1) is 12.7. The molecule has 6 heteroatoms. The number of halogens is 1. The standard InChI is InChI=1S/C10H13ClN2O3/c1-2-3-4-16-9(14)7-13-6-8(11)5-12-10(13)15/h5-6H,2-4,7H2,1H3. The second-order valence-electron chi connectivity index (χ2n) is 3.26. The van der Waals surface area contributed by atoms with E-state index in [0.717, 1.165) is 17.4 Å². The van der Waals surface area contributed by atoms with E-state index in [0.29, 0.717) is 11.6 Å². The number of rotatable bonds is 5. The average Bonchev–Trinajstić information content (AvgIpc) is 2.24. The summed E-state index contributed by atoms with van der Waals surface area (Å²) in [7, 11) is 0. The Morgan fingerprint density at radius 3 is 3.06 bits per heavy atom. The summed E-state index contributed by atoms with van der Waals surface area (Å²) in [5, 5.41) is 0.306. The lowest BCUT2D eigenvalue weighted by molar-refractivity contribution is -0.144. The molecule has 0 aliphatic carbocycles. The van der Waals surface area contributed by atoms with Crippen LogP contribution in [0.1, 0.15) is 19.8 Å². The average molecular weight is 245 g/mol. The Bertz CT molecular complexity index is 417. The van der Waals surface area contributed by atoms with Crippen molar-refractivity contribution in [2.24, 2.45) is 0 Å². The number of carbonyl (C=O) groups excluding carboxylic acids is 1. The normalized spacial score (nSPS) is 10.1. The Morgan fingerprint density at radius 1 is 1.62 bits per heavy atom. The lowest BCUT2D eigenvalue weighted by atomic mass is 10.4. The van der Waals surface area contributed by atoms with Crippen LogP contribution in [0.5, 0.6) is 0 Å². The van der Waals surface area contributed by atoms with E-state index in [1.54, 1.807) is 0 Å². The highest BCUT2D eigenvalue weighted by atomic mass is 35.5. The maximum atomic E-state index is 11.3. The van der Waals surface area contributed by atoms with Crippen LogP contribution in [-0.4, -0.2) is 22.1 Å². The minimum atomic E-state index is -0.517. The number of hydrogen-bond donors (Lipinski definition) is 0. The summed E-state index contributed by atoms with van der Waals surface area (Å²) in [5.74, 6) is -0.459. The van der Waals surface area contributed by atoms with Crippen molar-refractivity contribution in [3.8, 4) is 0 Å². The van der Waals surface area contributed by atoms with Crippen molar-refractivity contribution in [1.29, 1.82) is 0 Å². The topological polar surface area (TPSA) is 61.2 Å². The highest BCUT2D eigenvalue weighted by Crippen LogP contribution is 2.01. The van der Waals surface area contributed by atoms with Crippen LogP contribution in [-0.2, 0) is 16.1 Å². The lowest BCUT2D eigenvalue weighted by Gasteiger charge is -2.05. The van der Waals surface area contributed by atoms with E-state index >= 15 is 0 Å². The van der Waals surface area contributed by atoms with Crippen molar-refractivity contribution in [1.82, 2.24) is 9.55 Å². The van der Waals surface area contributed by atoms with Crippen molar-refractivity contribution in [2.45, 2.75) is 26.3 Å². The highest BCUT2D eigenvalue weighted by Gasteiger charge is 2.06. The third-order valence-corrected chi connectivity index (χ3v) is 2.08. The monoisotopic (exact) mass is 244 g/mol. The largest absolute Gasteiger partial charge is 0.464 e. The van der Waals surface area contributed by atoms with Crippen LogP contribution in [0.3, 0.4) is 0 Å². The Balaban J connectivity index is 2.56. The second kappa shape index (κ2) is 6.27. The van der Waals surface area contributed by atoms with Gasteiger partial charge >= 0.3 is 11.7 Å². The number of esters is 1. The molecule has 0 saturated heterocycles. The number of aromatic nitrogens is 2. The molecule has 0 atom stereocenters. The zero-order valence-corrected chi connectivity index (χ0v) is 9.74. The Hall–Kier alpha value is -1.36. The van der Waals surface area contributed by atoms with Gasteiger partial charge in [0.25, 0.3) is 0 Å². The van der Waals surface area contributed by atoms with Crippen LogP contribution in [0, 0.1) is 0 Å². The van der Waals surface area contributed by atoms with Crippen molar-refractivity contribution >= 4 is 17.6 Å². The van der Waals surface area contributed by atoms with E-state index in [9.17, 15) is 9.59 Å². The van der Waals surface area contributed by atoms with E-state index in [2.05, 4.69) is 4.98 Å². The lowest BCUT2D eigenvalue weighted by Crippen LogP contribution is -2.26. The van der Waals surface area contributed by atoms with Gasteiger partial charge in [0.15, 0.2) is 0 Å². The highest BCUT2D eigenvalue weighted by molar-refractivity contribution is 6.30. The van der Waals surface area contributed by atoms with Crippen LogP contribution in [0.4, 0.5) is 0 Å². The molecule has 0 spiro atoms. The third kappa shape index (κ3) is 4.02. The molecular formula is C10H13ClN2O3. The maximum Gasteiger partial charge on any atom is 0.348 e. The number of hydrogen-bond acceptors (Lipinski definition) is 4. The molecule has 1 heterocycles. The predicted octanol–water partition coefficient (Wildman–Crippen LogP) is 1.24. The molecule has 0 saturated carbocycles. The molecule has 0 aliphatic rings. The summed E-state index contributed by atoms with van der Waals surface area (Å²) in [6.45, 7) is 2.22. The Kier molecular flexibility index (Phi) is 4.98. The maximum absolute atomic E-state index is 11.3. The predicted molar refractivity (Wildman–Crippen MR) is 59.4 cm³/mol. The van der Waals surface area contributed by atoms with Crippen LogP contribution in [0.25, 0.3) is 0 Å². The second-order valence-corrected chi connectivity index (χ2v) is 3.69. The van der Waals surface area contributed by atoms with E-state index in [1.807, 2.05) is 6.92 Å². The van der Waals surface area contributed by atoms with Crippen LogP contribution in [0.2, 0.25) is 5.02 Å². The van der Waals surface area contributed by atoms with Gasteiger partial charge in [0, 0.05) is 6.20 Å². The summed E-state index contributed by atoms with van der Waals surface area (Å²) >= 11 is 5.65. The molecule has 5 nitrogen and oxygen atoms in total. The molecule has 0 N–H and O–H groups in total. The number of ether oxygens (including phenoxy) is 1. The van der Waals surface area contributed by atoms with Gasteiger partial charge in [-0.3, -0.25) is 9.36 Å². The number of unbranched alkanes of at least 4 members (excludes halogenated alkanes) is 1. The fourth-order valence-corrected chi connectivity index (χ4v) is 1.22. The molecule has 0 aromatic carbocycles. The molecule has 16 heavy (non-hydrogen) atoms. The molecule has 0 aliphatic heterocycles. The quantitative estimate of drug-likeness (QED) is 0.578. The molecule has 1 aromatic heterocycles. The summed E-state index contributed by atoms with van der Waals surface area (Å²) in [5.41, 5.74) is -0.517. The zero-order valence-electron chi connectivity index (χ0n) is 8.98. The molecule has 0 unspecified atom stereocenters. The molecule has 0 fully saturated rings. The Morgan fingerprint density at radius 2 is 2.38 bits per heavy atom. The van der Waals surface area contributed by atoms with Gasteiger partial charge in [0.05, 0.1) is 17.8 Å². The van der Waals surface area contributed by atoms with Gasteiger partial charge in [-0.05, 0) is 6.42 Å². The van der Waals surface area contributed by atoms with Gasteiger partial charge in [-0.1, -0.05) is 24.9 Å². The van der Waals surface area contributed by atoms with Gasteiger partial charge in [-0.25, -0.2) is 9.78 Å². The van der Waals surface area contributed by atoms with Crippen molar-refractivity contribution in [3.63, 3.8) is 0 Å². The Labute approximate surface area is 98.0 Å². The van der Waals surface area contributed by atoms with Gasteiger partial charge in [0.2, 0.25) is 0 Å². The van der Waals surface area contributed by atoms with Gasteiger partial charge in [0.1, 0.15) is 6.54 Å². The van der Waals surface area contributed by atoms with E-state index in [4.69, 9.17) is 16.3 Å². The summed E-state index contributed by atoms with van der Waals surface area (Å²) in [4.78, 5) is 26.0. The minimum Gasteiger partial charge on any atom is -0.464 e. The summed E-state index contributed by atoms with van der Waals surface area (Å²) in [6.07, 6.45) is 4.36. The molecule has 0 radical (unpaired) electrons. The van der Waals surface area contributed by atoms with Crippen molar-refractivity contribution < 1.29 is 9.53 Å². The summed E-state index contributed by atoms with van der Waals surface area (Å²) in [6, 6.07) is 0. The van der Waals surface area contributed by atoms with Gasteiger partial charge in [-0.2, -0.15) is 0 Å². The number of nitrogens with zero attached hydrogens (tertiary/aromatic N) is 2. The third-order valence-electron chi connectivity index (χ3n) is 1.88. The first-order chi connectivity index (χ1) is 7.63. The zero-order chi connectivity index (χ0) is 12.0. The van der Waals surface area contributed by atoms with Crippen molar-refractivity contribution in [3.05, 3.63) is 27.9 Å². The first-order valence-electron chi connectivity index (χ1n) is 5.01. The fraction of sp³-hybridized carbons (Fsp3) is 0.500. The SMILES string of the molecule is CCCCOC(=O)Cn1cc(Cl)cnc1=O. The van der Waals surface area contributed by atoms with E-state index in [-0.39, 0.29) is 6.54 Å². The fourth-order valence-electron chi connectivity index (χ4n) is 1.06. The van der Waals surface area contributed by atoms with Gasteiger partial charge in [-0.15, -0.1) is 0 Å². The van der Waals surface area contributed by atoms with Crippen molar-refractivity contribution in [2.75, 3.05) is 6.61 Å². The van der Waals surface area contributed by atoms with Gasteiger partial charge < -0.3 is 4.74 Å². The van der Waals surface area contributed by atoms with Crippen LogP contribution >= 0.6 is 11.6 Å². The first-order valence-corrected chi connectivity index (χ1v) is 5.39. The minimum absolute atomic E-state index is 0.157. The molecule has 1 aromatic rings. The molecule has 88 valence electrons. The van der Waals surface area contributed by atoms with Crippen LogP contribution in [0.15, 0.2) is 17.2 Å².